The van der Waals surface area contributed by atoms with E-state index in [1.807, 2.05) is 0 Å². The van der Waals surface area contributed by atoms with Crippen LogP contribution in [0.1, 0.15) is 6.42 Å². The van der Waals surface area contributed by atoms with E-state index in [-0.39, 0.29) is 24.0 Å². The third-order valence-corrected chi connectivity index (χ3v) is 2.82. The summed E-state index contributed by atoms with van der Waals surface area (Å²) >= 11 is 0. The van der Waals surface area contributed by atoms with Crippen LogP contribution in [0.5, 0.6) is 5.75 Å². The summed E-state index contributed by atoms with van der Waals surface area (Å²) < 4.78 is 4.63. The molecule has 2 rings (SSSR count). The fraction of sp³-hybridized carbons (Fsp3) is 0.333. The summed E-state index contributed by atoms with van der Waals surface area (Å²) in [4.78, 5) is 24.6. The van der Waals surface area contributed by atoms with Gasteiger partial charge in [-0.05, 0) is 24.3 Å². The Balaban J connectivity index is 2.15. The van der Waals surface area contributed by atoms with Crippen molar-refractivity contribution in [2.75, 3.05) is 18.6 Å². The topological polar surface area (TPSA) is 66.8 Å². The highest BCUT2D eigenvalue weighted by molar-refractivity contribution is 5.99. The molecular formula is C12H13NO4. The molecule has 1 aromatic carbocycles. The zero-order valence-electron chi connectivity index (χ0n) is 9.42. The van der Waals surface area contributed by atoms with Crippen molar-refractivity contribution < 1.29 is 19.4 Å². The maximum Gasteiger partial charge on any atom is 0.311 e. The normalized spacial score (nSPS) is 19.5. The summed E-state index contributed by atoms with van der Waals surface area (Å²) in [6, 6.07) is 6.31. The molecule has 0 aliphatic carbocycles. The van der Waals surface area contributed by atoms with E-state index in [9.17, 15) is 9.59 Å². The van der Waals surface area contributed by atoms with Crippen LogP contribution in [0, 0.1) is 5.92 Å². The molecule has 1 fully saturated rings. The first kappa shape index (κ1) is 11.4. The number of ether oxygens (including phenoxy) is 1. The van der Waals surface area contributed by atoms with Gasteiger partial charge in [-0.15, -0.1) is 0 Å². The Labute approximate surface area is 98.6 Å². The number of amides is 1. The monoisotopic (exact) mass is 235 g/mol. The van der Waals surface area contributed by atoms with Crippen molar-refractivity contribution in [3.8, 4) is 5.75 Å². The van der Waals surface area contributed by atoms with E-state index in [0.717, 1.165) is 0 Å². The molecule has 1 aliphatic rings. The van der Waals surface area contributed by atoms with E-state index >= 15 is 0 Å². The van der Waals surface area contributed by atoms with Gasteiger partial charge in [0.05, 0.1) is 13.0 Å². The third-order valence-electron chi connectivity index (χ3n) is 2.82. The lowest BCUT2D eigenvalue weighted by Gasteiger charge is -2.16. The molecule has 1 saturated heterocycles. The number of carbonyl (C=O) groups is 2. The molecule has 5 nitrogen and oxygen atoms in total. The predicted molar refractivity (Wildman–Crippen MR) is 60.6 cm³/mol. The molecule has 1 amide bonds. The van der Waals surface area contributed by atoms with Crippen LogP contribution in [-0.2, 0) is 14.3 Å². The number of benzene rings is 1. The van der Waals surface area contributed by atoms with Gasteiger partial charge in [0.15, 0.2) is 0 Å². The molecule has 0 radical (unpaired) electrons. The molecule has 1 unspecified atom stereocenters. The second-order valence-electron chi connectivity index (χ2n) is 3.94. The first-order chi connectivity index (χ1) is 8.11. The van der Waals surface area contributed by atoms with Gasteiger partial charge in [-0.25, -0.2) is 0 Å². The van der Waals surface area contributed by atoms with E-state index in [4.69, 9.17) is 5.11 Å². The maximum absolute atomic E-state index is 11.7. The van der Waals surface area contributed by atoms with Crippen molar-refractivity contribution >= 4 is 17.6 Å². The van der Waals surface area contributed by atoms with Gasteiger partial charge in [0.2, 0.25) is 5.91 Å². The largest absolute Gasteiger partial charge is 0.508 e. The van der Waals surface area contributed by atoms with Crippen LogP contribution in [0.4, 0.5) is 5.69 Å². The first-order valence-corrected chi connectivity index (χ1v) is 5.29. The van der Waals surface area contributed by atoms with E-state index < -0.39 is 5.92 Å². The second kappa shape index (κ2) is 4.45. The lowest BCUT2D eigenvalue weighted by molar-refractivity contribution is -0.145. The molecule has 5 heteroatoms. The number of aromatic hydroxyl groups is 1. The van der Waals surface area contributed by atoms with E-state index in [2.05, 4.69) is 4.74 Å². The van der Waals surface area contributed by atoms with Gasteiger partial charge in [-0.1, -0.05) is 0 Å². The summed E-state index contributed by atoms with van der Waals surface area (Å²) in [6.07, 6.45) is 0.174. The van der Waals surface area contributed by atoms with Gasteiger partial charge in [0.1, 0.15) is 5.75 Å². The van der Waals surface area contributed by atoms with Crippen molar-refractivity contribution in [2.45, 2.75) is 6.42 Å². The number of methoxy groups -OCH3 is 1. The molecule has 1 N–H and O–H groups in total. The summed E-state index contributed by atoms with van der Waals surface area (Å²) in [6.45, 7) is 0.330. The molecule has 1 aliphatic heterocycles. The number of phenolic OH excluding ortho intramolecular Hbond substituents is 1. The SMILES string of the molecule is COC(=O)C1CC(=O)N(c2ccc(O)cc2)C1. The molecule has 1 atom stereocenters. The molecular weight excluding hydrogens is 222 g/mol. The standard InChI is InChI=1S/C12H13NO4/c1-17-12(16)8-6-11(15)13(7-8)9-2-4-10(14)5-3-9/h2-5,8,14H,6-7H2,1H3. The Morgan fingerprint density at radius 2 is 2.06 bits per heavy atom. The predicted octanol–water partition coefficient (Wildman–Crippen LogP) is 0.918. The van der Waals surface area contributed by atoms with Crippen molar-refractivity contribution in [3.05, 3.63) is 24.3 Å². The highest BCUT2D eigenvalue weighted by Crippen LogP contribution is 2.26. The minimum atomic E-state index is -0.402. The first-order valence-electron chi connectivity index (χ1n) is 5.29. The number of nitrogens with zero attached hydrogens (tertiary/aromatic N) is 1. The molecule has 90 valence electrons. The third kappa shape index (κ3) is 2.22. The van der Waals surface area contributed by atoms with Crippen LogP contribution in [0.2, 0.25) is 0 Å². The minimum absolute atomic E-state index is 0.105. The lowest BCUT2D eigenvalue weighted by atomic mass is 10.1. The summed E-state index contributed by atoms with van der Waals surface area (Å²) in [5.74, 6) is -0.725. The molecule has 1 aromatic rings. The van der Waals surface area contributed by atoms with Gasteiger partial charge in [-0.3, -0.25) is 9.59 Å². The number of carbonyl (C=O) groups excluding carboxylic acids is 2. The quantitative estimate of drug-likeness (QED) is 0.774. The van der Waals surface area contributed by atoms with Gasteiger partial charge in [0, 0.05) is 18.7 Å². The van der Waals surface area contributed by atoms with Gasteiger partial charge >= 0.3 is 5.97 Å². The Morgan fingerprint density at radius 3 is 2.65 bits per heavy atom. The molecule has 17 heavy (non-hydrogen) atoms. The second-order valence-corrected chi connectivity index (χ2v) is 3.94. The highest BCUT2D eigenvalue weighted by atomic mass is 16.5. The van der Waals surface area contributed by atoms with Crippen LogP contribution < -0.4 is 4.90 Å². The summed E-state index contributed by atoms with van der Waals surface area (Å²) in [7, 11) is 1.32. The molecule has 0 spiro atoms. The van der Waals surface area contributed by atoms with Gasteiger partial charge in [-0.2, -0.15) is 0 Å². The Kier molecular flexibility index (Phi) is 2.99. The number of hydrogen-bond donors (Lipinski definition) is 1. The minimum Gasteiger partial charge on any atom is -0.508 e. The van der Waals surface area contributed by atoms with Gasteiger partial charge < -0.3 is 14.7 Å². The van der Waals surface area contributed by atoms with Crippen LogP contribution in [0.3, 0.4) is 0 Å². The number of anilines is 1. The summed E-state index contributed by atoms with van der Waals surface area (Å²) in [5.41, 5.74) is 0.680. The number of esters is 1. The van der Waals surface area contributed by atoms with Crippen LogP contribution in [0.25, 0.3) is 0 Å². The molecule has 0 saturated carbocycles. The Morgan fingerprint density at radius 1 is 1.41 bits per heavy atom. The van der Waals surface area contributed by atoms with E-state index in [0.29, 0.717) is 12.2 Å². The van der Waals surface area contributed by atoms with Crippen molar-refractivity contribution in [2.24, 2.45) is 5.92 Å². The van der Waals surface area contributed by atoms with Crippen LogP contribution >= 0.6 is 0 Å². The van der Waals surface area contributed by atoms with E-state index in [1.165, 1.54) is 24.1 Å². The zero-order chi connectivity index (χ0) is 12.4. The molecule has 1 heterocycles. The highest BCUT2D eigenvalue weighted by Gasteiger charge is 2.35. The fourth-order valence-electron chi connectivity index (χ4n) is 1.91. The van der Waals surface area contributed by atoms with E-state index in [1.54, 1.807) is 12.1 Å². The van der Waals surface area contributed by atoms with Crippen molar-refractivity contribution in [3.63, 3.8) is 0 Å². The van der Waals surface area contributed by atoms with Crippen molar-refractivity contribution in [1.82, 2.24) is 0 Å². The Bertz CT molecular complexity index is 440. The zero-order valence-corrected chi connectivity index (χ0v) is 9.42. The Hall–Kier alpha value is -2.04. The number of phenols is 1. The molecule has 0 bridgehead atoms. The average Bonchev–Trinajstić information content (AvgIpc) is 2.71. The molecule has 0 aromatic heterocycles. The number of hydrogen-bond acceptors (Lipinski definition) is 4. The lowest BCUT2D eigenvalue weighted by Crippen LogP contribution is -2.26. The fourth-order valence-corrected chi connectivity index (χ4v) is 1.91. The van der Waals surface area contributed by atoms with Crippen molar-refractivity contribution in [1.29, 1.82) is 0 Å². The van der Waals surface area contributed by atoms with Crippen LogP contribution in [0.15, 0.2) is 24.3 Å². The average molecular weight is 235 g/mol. The van der Waals surface area contributed by atoms with Crippen LogP contribution in [-0.4, -0.2) is 30.6 Å². The number of rotatable bonds is 2. The smallest absolute Gasteiger partial charge is 0.311 e. The van der Waals surface area contributed by atoms with Gasteiger partial charge in [0.25, 0.3) is 0 Å². The summed E-state index contributed by atoms with van der Waals surface area (Å²) in [5, 5.41) is 9.17. The maximum atomic E-state index is 11.7.